The van der Waals surface area contributed by atoms with Crippen LogP contribution in [-0.4, -0.2) is 17.4 Å². The molecule has 142 valence electrons. The number of hydrogen-bond acceptors (Lipinski definition) is 3. The first-order chi connectivity index (χ1) is 14.2. The fourth-order valence-electron chi connectivity index (χ4n) is 3.64. The molecule has 5 rings (SSSR count). The van der Waals surface area contributed by atoms with Crippen LogP contribution in [0.25, 0.3) is 0 Å². The highest BCUT2D eigenvalue weighted by Gasteiger charge is 2.35. The number of carbonyl (C=O) groups excluding carboxylic acids is 1. The zero-order valence-corrected chi connectivity index (χ0v) is 18.4. The Labute approximate surface area is 187 Å². The Bertz CT molecular complexity index is 1140. The number of carbonyl (C=O) groups is 1. The predicted octanol–water partition coefficient (Wildman–Crippen LogP) is 6.38. The van der Waals surface area contributed by atoms with Crippen LogP contribution < -0.4 is 4.90 Å². The van der Waals surface area contributed by atoms with Gasteiger partial charge in [0.2, 0.25) is 0 Å². The topological polar surface area (TPSA) is 32.7 Å². The van der Waals surface area contributed by atoms with E-state index in [0.717, 1.165) is 28.4 Å². The largest absolute Gasteiger partial charge is 0.282 e. The molecule has 3 aromatic rings. The Hall–Kier alpha value is -2.38. The van der Waals surface area contributed by atoms with E-state index in [1.807, 2.05) is 78.5 Å². The van der Waals surface area contributed by atoms with E-state index in [-0.39, 0.29) is 9.33 Å². The quantitative estimate of drug-likeness (QED) is 0.304. The molecule has 0 spiro atoms. The molecule has 0 radical (unpaired) electrons. The summed E-state index contributed by atoms with van der Waals surface area (Å²) >= 11 is 4.33. The lowest BCUT2D eigenvalue weighted by Crippen LogP contribution is -2.25. The second-order valence-corrected chi connectivity index (χ2v) is 9.80. The van der Waals surface area contributed by atoms with Gasteiger partial charge in [-0.15, -0.1) is 11.8 Å². The van der Waals surface area contributed by atoms with Crippen LogP contribution in [0, 0.1) is 0 Å². The van der Waals surface area contributed by atoms with E-state index in [1.165, 1.54) is 5.56 Å². The Morgan fingerprint density at radius 2 is 1.66 bits per heavy atom. The Morgan fingerprint density at radius 1 is 0.931 bits per heavy atom. The van der Waals surface area contributed by atoms with Gasteiger partial charge >= 0.3 is 0 Å². The van der Waals surface area contributed by atoms with Crippen molar-refractivity contribution in [2.24, 2.45) is 4.99 Å². The fraction of sp³-hybridized carbons (Fsp3) is 0.0833. The summed E-state index contributed by atoms with van der Waals surface area (Å²) in [4.78, 5) is 19.8. The number of aliphatic imine (C=N–C) groups is 1. The second-order valence-electron chi connectivity index (χ2n) is 6.98. The molecule has 1 amide bonds. The van der Waals surface area contributed by atoms with Gasteiger partial charge in [-0.25, -0.2) is 4.99 Å². The predicted molar refractivity (Wildman–Crippen MR) is 130 cm³/mol. The van der Waals surface area contributed by atoms with Gasteiger partial charge in [0.1, 0.15) is 5.71 Å². The average molecular weight is 508 g/mol. The number of nitrogens with zero attached hydrogens (tertiary/aromatic N) is 2. The van der Waals surface area contributed by atoms with E-state index in [2.05, 4.69) is 46.2 Å². The summed E-state index contributed by atoms with van der Waals surface area (Å²) in [6, 6.07) is 25.8. The highest BCUT2D eigenvalue weighted by Crippen LogP contribution is 2.43. The van der Waals surface area contributed by atoms with Gasteiger partial charge in [0.25, 0.3) is 5.91 Å². The van der Waals surface area contributed by atoms with Crippen molar-refractivity contribution in [3.63, 3.8) is 0 Å². The molecule has 3 aromatic carbocycles. The van der Waals surface area contributed by atoms with Crippen molar-refractivity contribution in [2.45, 2.75) is 3.42 Å². The minimum absolute atomic E-state index is 0.0357. The lowest BCUT2D eigenvalue weighted by Gasteiger charge is -2.19. The normalized spacial score (nSPS) is 21.8. The second kappa shape index (κ2) is 7.46. The van der Waals surface area contributed by atoms with Crippen molar-refractivity contribution in [2.75, 3.05) is 10.7 Å². The number of halogens is 1. The molecule has 1 atom stereocenters. The van der Waals surface area contributed by atoms with Crippen LogP contribution in [0.3, 0.4) is 0 Å². The van der Waals surface area contributed by atoms with E-state index < -0.39 is 0 Å². The lowest BCUT2D eigenvalue weighted by atomic mass is 10.0. The number of para-hydroxylation sites is 2. The summed E-state index contributed by atoms with van der Waals surface area (Å²) in [6.45, 7) is 0. The van der Waals surface area contributed by atoms with Crippen LogP contribution in [-0.2, 0) is 8.22 Å². The number of fused-ring (bicyclic) bond motifs is 1. The molecule has 5 heteroatoms. The van der Waals surface area contributed by atoms with Gasteiger partial charge in [0.15, 0.2) is 0 Å². The molecule has 0 saturated heterocycles. The molecule has 3 nitrogen and oxygen atoms in total. The van der Waals surface area contributed by atoms with E-state index in [9.17, 15) is 4.79 Å². The smallest absolute Gasteiger partial charge is 0.275 e. The van der Waals surface area contributed by atoms with Gasteiger partial charge in [-0.3, -0.25) is 9.69 Å². The van der Waals surface area contributed by atoms with Crippen LogP contribution in [0.15, 0.2) is 95.3 Å². The van der Waals surface area contributed by atoms with Crippen molar-refractivity contribution in [1.29, 1.82) is 0 Å². The zero-order chi connectivity index (χ0) is 19.8. The van der Waals surface area contributed by atoms with Gasteiger partial charge in [-0.2, -0.15) is 0 Å². The summed E-state index contributed by atoms with van der Waals surface area (Å²) in [5.41, 5.74) is 5.12. The summed E-state index contributed by atoms with van der Waals surface area (Å²) < 4.78 is 0.0357. The molecule has 0 aromatic heterocycles. The van der Waals surface area contributed by atoms with Crippen LogP contribution in [0.1, 0.15) is 11.1 Å². The van der Waals surface area contributed by atoms with Crippen LogP contribution in [0.4, 0.5) is 17.1 Å². The molecular weight excluding hydrogens is 491 g/mol. The van der Waals surface area contributed by atoms with Crippen molar-refractivity contribution in [3.05, 3.63) is 101 Å². The third-order valence-corrected chi connectivity index (χ3v) is 7.96. The van der Waals surface area contributed by atoms with Crippen LogP contribution in [0.2, 0.25) is 0 Å². The monoisotopic (exact) mass is 508 g/mol. The maximum absolute atomic E-state index is 13.3. The number of thioether (sulfide) groups is 1. The highest BCUT2D eigenvalue weighted by atomic mass is 127. The van der Waals surface area contributed by atoms with Crippen LogP contribution in [0.5, 0.6) is 0 Å². The van der Waals surface area contributed by atoms with E-state index >= 15 is 0 Å². The standard InChI is InChI=1S/C24H17IN2OS/c25-24(14-15-29-16-24)17-10-12-18(13-11-17)26-22-20-8-4-5-9-21(20)27(23(22)28)19-6-2-1-3-7-19/h1-15H,16H2/b26-22-. The first-order valence-corrected chi connectivity index (χ1v) is 11.4. The van der Waals surface area contributed by atoms with Crippen molar-refractivity contribution in [1.82, 2.24) is 0 Å². The molecule has 1 unspecified atom stereocenters. The van der Waals surface area contributed by atoms with Crippen molar-refractivity contribution < 1.29 is 4.79 Å². The number of hydrogen-bond donors (Lipinski definition) is 0. The maximum Gasteiger partial charge on any atom is 0.282 e. The van der Waals surface area contributed by atoms with Gasteiger partial charge in [0.05, 0.1) is 14.8 Å². The summed E-state index contributed by atoms with van der Waals surface area (Å²) in [7, 11) is 0. The summed E-state index contributed by atoms with van der Waals surface area (Å²) in [6.07, 6.45) is 2.24. The number of amides is 1. The molecule has 0 saturated carbocycles. The number of benzene rings is 3. The molecule has 2 heterocycles. The minimum Gasteiger partial charge on any atom is -0.275 e. The van der Waals surface area contributed by atoms with Gasteiger partial charge < -0.3 is 0 Å². The molecule has 29 heavy (non-hydrogen) atoms. The van der Waals surface area contributed by atoms with Crippen molar-refractivity contribution in [3.8, 4) is 0 Å². The minimum atomic E-state index is -0.0954. The molecule has 2 aliphatic rings. The molecule has 0 aliphatic carbocycles. The molecule has 2 aliphatic heterocycles. The van der Waals surface area contributed by atoms with Crippen LogP contribution >= 0.6 is 34.4 Å². The number of allylic oxidation sites excluding steroid dienone is 1. The molecule has 0 N–H and O–H groups in total. The first kappa shape index (κ1) is 18.6. The third-order valence-electron chi connectivity index (χ3n) is 5.13. The maximum atomic E-state index is 13.3. The Morgan fingerprint density at radius 3 is 2.38 bits per heavy atom. The van der Waals surface area contributed by atoms with Gasteiger partial charge in [-0.05, 0) is 41.3 Å². The van der Waals surface area contributed by atoms with E-state index in [4.69, 9.17) is 4.99 Å². The molecule has 0 bridgehead atoms. The number of anilines is 2. The average Bonchev–Trinajstić information content (AvgIpc) is 3.32. The van der Waals surface area contributed by atoms with Gasteiger partial charge in [0, 0.05) is 17.0 Å². The summed E-state index contributed by atoms with van der Waals surface area (Å²) in [5, 5.41) is 2.16. The summed E-state index contributed by atoms with van der Waals surface area (Å²) in [5.74, 6) is 0.946. The van der Waals surface area contributed by atoms with Gasteiger partial charge in [-0.1, -0.05) is 77.2 Å². The SMILES string of the molecule is O=C1/C(=N\c2ccc(C3(I)C=CSC3)cc2)c2ccccc2N1c1ccccc1. The fourth-order valence-corrected chi connectivity index (χ4v) is 5.89. The lowest BCUT2D eigenvalue weighted by molar-refractivity contribution is -0.111. The highest BCUT2D eigenvalue weighted by molar-refractivity contribution is 14.1. The molecular formula is C24H17IN2OS. The van der Waals surface area contributed by atoms with Crippen molar-refractivity contribution >= 4 is 63.0 Å². The Balaban J connectivity index is 1.53. The zero-order valence-electron chi connectivity index (χ0n) is 15.5. The number of alkyl halides is 1. The molecule has 0 fully saturated rings. The third kappa shape index (κ3) is 3.32. The Kier molecular flexibility index (Phi) is 4.80. The first-order valence-electron chi connectivity index (χ1n) is 9.32. The number of rotatable bonds is 3. The van der Waals surface area contributed by atoms with E-state index in [0.29, 0.717) is 5.71 Å². The van der Waals surface area contributed by atoms with E-state index in [1.54, 1.807) is 4.90 Å².